The van der Waals surface area contributed by atoms with Crippen molar-refractivity contribution in [3.8, 4) is 5.75 Å². The quantitative estimate of drug-likeness (QED) is 0.221. The van der Waals surface area contributed by atoms with Crippen LogP contribution in [-0.2, 0) is 14.7 Å². The molecule has 0 bridgehead atoms. The average molecular weight is 659 g/mol. The molecule has 0 fully saturated rings. The molecule has 0 aliphatic heterocycles. The summed E-state index contributed by atoms with van der Waals surface area (Å²) in [5.41, 5.74) is -0.583. The average Bonchev–Trinajstić information content (AvgIpc) is 2.85. The largest absolute Gasteiger partial charge is 0.507 e. The first-order chi connectivity index (χ1) is 16.1. The molecule has 4 aromatic carbocycles. The van der Waals surface area contributed by atoms with E-state index in [1.807, 2.05) is 91.0 Å². The molecule has 0 aliphatic carbocycles. The van der Waals surface area contributed by atoms with Crippen molar-refractivity contribution in [1.82, 2.24) is 0 Å². The number of rotatable bonds is 5. The molecule has 35 heavy (non-hydrogen) atoms. The van der Waals surface area contributed by atoms with Crippen LogP contribution < -0.4 is 15.9 Å². The van der Waals surface area contributed by atoms with E-state index >= 15 is 0 Å². The molecular weight excluding hydrogens is 638 g/mol. The van der Waals surface area contributed by atoms with Crippen LogP contribution in [0.5, 0.6) is 5.75 Å². The van der Waals surface area contributed by atoms with Crippen LogP contribution in [0.1, 0.15) is 10.4 Å². The molecule has 3 N–H and O–H groups in total. The van der Waals surface area contributed by atoms with Gasteiger partial charge in [-0.2, -0.15) is 8.42 Å². The molecule has 10 heteroatoms. The summed E-state index contributed by atoms with van der Waals surface area (Å²) in [4.78, 5) is 9.89. The monoisotopic (exact) mass is 660 g/mol. The maximum atomic E-state index is 13.8. The Kier molecular flexibility index (Phi) is 10.3. The summed E-state index contributed by atoms with van der Waals surface area (Å²) in [6, 6.07) is 31.6. The van der Waals surface area contributed by atoms with E-state index in [1.165, 1.54) is 0 Å². The molecule has 0 saturated carbocycles. The molecule has 0 radical (unpaired) electrons. The number of hydrogen-bond donors (Lipinski definition) is 3. The van der Waals surface area contributed by atoms with Crippen molar-refractivity contribution in [3.05, 3.63) is 115 Å². The number of aromatic hydroxyl groups is 1. The summed E-state index contributed by atoms with van der Waals surface area (Å²) in [5, 5.41) is 20.2. The third kappa shape index (κ3) is 7.05. The molecule has 0 aromatic heterocycles. The van der Waals surface area contributed by atoms with Gasteiger partial charge in [-0.15, -0.1) is 0 Å². The van der Waals surface area contributed by atoms with Gasteiger partial charge in [-0.25, -0.2) is 4.79 Å². The first-order valence-electron chi connectivity index (χ1n) is 9.94. The SMILES string of the molecule is O=C(O)c1cc(S(=O)(=O)O)ccc1O.O=P(c1ccccc1)(c1ccccc1)c1ccccc1.[Dy]. The Hall–Kier alpha value is -2.44. The molecule has 0 heterocycles. The molecule has 0 amide bonds. The Balaban J connectivity index is 0.000000256. The van der Waals surface area contributed by atoms with Crippen LogP contribution in [0.4, 0.5) is 0 Å². The summed E-state index contributed by atoms with van der Waals surface area (Å²) >= 11 is 0. The van der Waals surface area contributed by atoms with Crippen LogP contribution in [0.15, 0.2) is 114 Å². The second kappa shape index (κ2) is 12.5. The fourth-order valence-electron chi connectivity index (χ4n) is 3.21. The van der Waals surface area contributed by atoms with Crippen molar-refractivity contribution >= 4 is 39.1 Å². The molecule has 0 spiro atoms. The van der Waals surface area contributed by atoms with Crippen molar-refractivity contribution in [2.75, 3.05) is 0 Å². The van der Waals surface area contributed by atoms with E-state index in [0.717, 1.165) is 28.0 Å². The van der Waals surface area contributed by atoms with Gasteiger partial charge < -0.3 is 14.8 Å². The molecular formula is C25H21DyO7PS. The van der Waals surface area contributed by atoms with Crippen LogP contribution in [0, 0.1) is 38.2 Å². The molecule has 0 aliphatic rings. The predicted molar refractivity (Wildman–Crippen MR) is 131 cm³/mol. The summed E-state index contributed by atoms with van der Waals surface area (Å²) < 4.78 is 43.6. The van der Waals surface area contributed by atoms with Gasteiger partial charge in [0.2, 0.25) is 0 Å². The Morgan fingerprint density at radius 1 is 0.686 bits per heavy atom. The molecule has 4 rings (SSSR count). The molecule has 0 atom stereocenters. The number of carbonyl (C=O) groups is 1. The molecule has 184 valence electrons. The number of carboxylic acids is 1. The Bertz CT molecular complexity index is 1330. The molecule has 4 aromatic rings. The standard InChI is InChI=1S/C18H15OP.C7H6O6S.Dy/c19-20(16-10-4-1-5-11-16,17-12-6-2-7-13-17)18-14-8-3-9-15-18;8-6-2-1-4(14(11,12)13)3-5(6)7(9)10;/h1-15H;1-3,8H,(H,9,10)(H,11,12,13);. The maximum Gasteiger partial charge on any atom is 0.339 e. The maximum absolute atomic E-state index is 13.8. The summed E-state index contributed by atoms with van der Waals surface area (Å²) in [5.74, 6) is -2.04. The third-order valence-electron chi connectivity index (χ3n) is 4.86. The normalized spacial score (nSPS) is 10.9. The Labute approximate surface area is 233 Å². The van der Waals surface area contributed by atoms with Crippen molar-refractivity contribution in [3.63, 3.8) is 0 Å². The second-order valence-electron chi connectivity index (χ2n) is 7.08. The third-order valence-corrected chi connectivity index (χ3v) is 8.78. The van der Waals surface area contributed by atoms with Gasteiger partial charge in [0.05, 0.1) is 4.90 Å². The summed E-state index contributed by atoms with van der Waals surface area (Å²) in [7, 11) is -7.23. The molecule has 0 unspecified atom stereocenters. The topological polar surface area (TPSA) is 129 Å². The Morgan fingerprint density at radius 3 is 1.37 bits per heavy atom. The van der Waals surface area contributed by atoms with E-state index in [0.29, 0.717) is 6.07 Å². The minimum absolute atomic E-state index is 0. The van der Waals surface area contributed by atoms with Gasteiger partial charge in [-0.1, -0.05) is 91.0 Å². The number of carboxylic acid groups (broad SMARTS) is 1. The number of benzene rings is 4. The van der Waals surface area contributed by atoms with E-state index in [1.54, 1.807) is 0 Å². The Morgan fingerprint density at radius 2 is 1.06 bits per heavy atom. The molecule has 0 saturated heterocycles. The van der Waals surface area contributed by atoms with E-state index in [9.17, 15) is 17.8 Å². The zero-order valence-electron chi connectivity index (χ0n) is 18.0. The predicted octanol–water partition coefficient (Wildman–Crippen LogP) is 3.66. The van der Waals surface area contributed by atoms with Gasteiger partial charge >= 0.3 is 5.97 Å². The van der Waals surface area contributed by atoms with E-state index < -0.39 is 39.4 Å². The zero-order valence-corrected chi connectivity index (χ0v) is 21.8. The fraction of sp³-hybridized carbons (Fsp3) is 0. The van der Waals surface area contributed by atoms with Crippen molar-refractivity contribution in [2.45, 2.75) is 4.90 Å². The van der Waals surface area contributed by atoms with Crippen LogP contribution >= 0.6 is 7.14 Å². The second-order valence-corrected chi connectivity index (χ2v) is 11.3. The minimum Gasteiger partial charge on any atom is -0.507 e. The van der Waals surface area contributed by atoms with Crippen molar-refractivity contribution in [1.29, 1.82) is 0 Å². The number of aromatic carboxylic acids is 1. The zero-order chi connectivity index (χ0) is 24.8. The van der Waals surface area contributed by atoms with Gasteiger partial charge in [0.15, 0.2) is 7.14 Å². The number of hydrogen-bond acceptors (Lipinski definition) is 5. The smallest absolute Gasteiger partial charge is 0.339 e. The van der Waals surface area contributed by atoms with E-state index in [4.69, 9.17) is 14.8 Å². The van der Waals surface area contributed by atoms with Crippen LogP contribution in [-0.4, -0.2) is 29.2 Å². The molecule has 7 nitrogen and oxygen atoms in total. The van der Waals surface area contributed by atoms with Crippen molar-refractivity contribution < 1.29 is 70.7 Å². The summed E-state index contributed by atoms with van der Waals surface area (Å²) in [6.45, 7) is 0. The van der Waals surface area contributed by atoms with Gasteiger partial charge in [-0.3, -0.25) is 4.55 Å². The van der Waals surface area contributed by atoms with E-state index in [-0.39, 0.29) is 38.2 Å². The van der Waals surface area contributed by atoms with Crippen LogP contribution in [0.25, 0.3) is 0 Å². The van der Waals surface area contributed by atoms with Gasteiger partial charge in [0, 0.05) is 54.1 Å². The summed E-state index contributed by atoms with van der Waals surface area (Å²) in [6.07, 6.45) is 0. The first-order valence-corrected chi connectivity index (χ1v) is 13.1. The van der Waals surface area contributed by atoms with E-state index in [2.05, 4.69) is 0 Å². The van der Waals surface area contributed by atoms with Gasteiger partial charge in [0.1, 0.15) is 11.3 Å². The first kappa shape index (κ1) is 28.8. The van der Waals surface area contributed by atoms with Gasteiger partial charge in [-0.05, 0) is 18.2 Å². The van der Waals surface area contributed by atoms with Crippen LogP contribution in [0.3, 0.4) is 0 Å². The fourth-order valence-corrected chi connectivity index (χ4v) is 6.39. The number of phenols is 1. The van der Waals surface area contributed by atoms with Gasteiger partial charge in [0.25, 0.3) is 10.1 Å². The van der Waals surface area contributed by atoms with Crippen LogP contribution in [0.2, 0.25) is 0 Å². The van der Waals surface area contributed by atoms with Crippen molar-refractivity contribution in [2.24, 2.45) is 0 Å². The minimum atomic E-state index is -4.45.